The number of fused-ring (bicyclic) bond motifs is 4. The Bertz CT molecular complexity index is 1550. The average Bonchev–Trinajstić information content (AvgIpc) is 3.41. The minimum absolute atomic E-state index is 0.00425. The predicted octanol–water partition coefficient (Wildman–Crippen LogP) is 6.39. The molecule has 270 valence electrons. The zero-order valence-corrected chi connectivity index (χ0v) is 29.9. The van der Waals surface area contributed by atoms with Crippen molar-refractivity contribution in [1.29, 1.82) is 0 Å². The average molecular weight is 712 g/mol. The Labute approximate surface area is 284 Å². The van der Waals surface area contributed by atoms with Crippen LogP contribution in [0.15, 0.2) is 36.5 Å². The Kier molecular flexibility index (Phi) is 12.7. The van der Waals surface area contributed by atoms with Gasteiger partial charge in [0.2, 0.25) is 0 Å². The van der Waals surface area contributed by atoms with E-state index in [2.05, 4.69) is 35.0 Å². The summed E-state index contributed by atoms with van der Waals surface area (Å²) < 4.78 is 65.3. The van der Waals surface area contributed by atoms with Gasteiger partial charge in [-0.05, 0) is 57.9 Å². The van der Waals surface area contributed by atoms with Gasteiger partial charge in [-0.1, -0.05) is 31.8 Å². The number of amides is 3. The number of alkyl halides is 3. The normalized spacial score (nSPS) is 16.8. The van der Waals surface area contributed by atoms with E-state index in [-0.39, 0.29) is 30.1 Å². The van der Waals surface area contributed by atoms with Crippen LogP contribution in [0.25, 0.3) is 11.3 Å². The Morgan fingerprint density at radius 1 is 1.00 bits per heavy atom. The number of nitrogens with one attached hydrogen (secondary N) is 2. The maximum absolute atomic E-state index is 14.2. The molecule has 0 spiro atoms. The van der Waals surface area contributed by atoms with Gasteiger partial charge in [0, 0.05) is 32.1 Å². The summed E-state index contributed by atoms with van der Waals surface area (Å²) >= 11 is 0. The first kappa shape index (κ1) is 39.1. The second-order valence-electron chi connectivity index (χ2n) is 13.5. The van der Waals surface area contributed by atoms with Crippen molar-refractivity contribution in [3.05, 3.63) is 42.4 Å². The van der Waals surface area contributed by atoms with Crippen LogP contribution in [0.3, 0.4) is 0 Å². The number of rotatable bonds is 8. The van der Waals surface area contributed by atoms with E-state index >= 15 is 0 Å². The molecule has 2 atom stereocenters. The zero-order valence-electron chi connectivity index (χ0n) is 28.9. The zero-order chi connectivity index (χ0) is 36.7. The molecule has 49 heavy (non-hydrogen) atoms. The molecule has 13 nitrogen and oxygen atoms in total. The molecule has 17 heteroatoms. The lowest BCUT2D eigenvalue weighted by atomic mass is 10.0. The summed E-state index contributed by atoms with van der Waals surface area (Å²) in [6, 6.07) is 2.10. The highest BCUT2D eigenvalue weighted by atomic mass is 28.3. The highest BCUT2D eigenvalue weighted by Gasteiger charge is 2.48. The molecule has 0 saturated carbocycles. The van der Waals surface area contributed by atoms with Crippen molar-refractivity contribution in [2.75, 3.05) is 31.0 Å². The number of carbonyl (C=O) groups is 4. The number of ether oxygens (including phenoxy) is 4. The summed E-state index contributed by atoms with van der Waals surface area (Å²) in [5.74, 6) is -3.18. The van der Waals surface area contributed by atoms with Crippen molar-refractivity contribution in [2.45, 2.75) is 89.9 Å². The van der Waals surface area contributed by atoms with Gasteiger partial charge in [0.25, 0.3) is 0 Å². The predicted molar refractivity (Wildman–Crippen MR) is 178 cm³/mol. The lowest BCUT2D eigenvalue weighted by Gasteiger charge is -2.32. The van der Waals surface area contributed by atoms with Gasteiger partial charge in [-0.15, -0.1) is 0 Å². The molecule has 0 radical (unpaired) electrons. The molecule has 0 aliphatic carbocycles. The molecule has 1 aliphatic heterocycles. The largest absolute Gasteiger partial charge is 0.471 e. The summed E-state index contributed by atoms with van der Waals surface area (Å²) in [6.07, 6.45) is -2.89. The topological polar surface area (TPSA) is 150 Å². The Balaban J connectivity index is 2.32. The number of aromatic nitrogens is 2. The number of hydrogen-bond donors (Lipinski definition) is 2. The van der Waals surface area contributed by atoms with Crippen LogP contribution in [0.4, 0.5) is 34.1 Å². The standard InChI is InChI=1S/C32H44F3N5O8Si/c1-31(2,3)48-30(44)38-22-11-9-10-12-24(27(41)45-4)40(28(42)32(33,34)35)25-17-20(36-29(43)46-5)13-14-21(25)23-18-39(26(22)37-23)19-47-15-16-49(6,7)8/h9-10,13-14,17-18,22,24H,11-12,15-16,19H2,1-8H3,(H,36,43)(H,38,44)/t22-,24+/m0/s1. The number of carbonyl (C=O) groups excluding carboxylic acids is 4. The number of imidazole rings is 1. The first-order valence-corrected chi connectivity index (χ1v) is 19.2. The van der Waals surface area contributed by atoms with Gasteiger partial charge in [-0.25, -0.2) is 19.4 Å². The first-order chi connectivity index (χ1) is 22.7. The smallest absolute Gasteiger partial charge is 0.467 e. The number of benzene rings is 1. The molecule has 2 bridgehead atoms. The van der Waals surface area contributed by atoms with Gasteiger partial charge in [-0.2, -0.15) is 13.2 Å². The maximum Gasteiger partial charge on any atom is 0.471 e. The lowest BCUT2D eigenvalue weighted by Crippen LogP contribution is -2.51. The van der Waals surface area contributed by atoms with Gasteiger partial charge in [0.1, 0.15) is 24.2 Å². The Hall–Kier alpha value is -4.38. The molecule has 1 aromatic carbocycles. The van der Waals surface area contributed by atoms with E-state index in [0.29, 0.717) is 17.3 Å². The molecule has 0 fully saturated rings. The molecule has 2 heterocycles. The third-order valence-electron chi connectivity index (χ3n) is 7.15. The summed E-state index contributed by atoms with van der Waals surface area (Å²) in [4.78, 5) is 56.3. The van der Waals surface area contributed by atoms with Gasteiger partial charge in [0.05, 0.1) is 31.6 Å². The second kappa shape index (κ2) is 15.9. The maximum atomic E-state index is 14.2. The van der Waals surface area contributed by atoms with Crippen LogP contribution in [0.2, 0.25) is 25.7 Å². The number of alkyl carbamates (subject to hydrolysis) is 1. The second-order valence-corrected chi connectivity index (χ2v) is 19.1. The first-order valence-electron chi connectivity index (χ1n) is 15.5. The van der Waals surface area contributed by atoms with Crippen LogP contribution in [0.1, 0.15) is 45.5 Å². The summed E-state index contributed by atoms with van der Waals surface area (Å²) in [5, 5.41) is 5.20. The van der Waals surface area contributed by atoms with Crippen molar-refractivity contribution in [3.8, 4) is 11.3 Å². The number of nitrogens with zero attached hydrogens (tertiary/aromatic N) is 3. The molecule has 0 saturated heterocycles. The van der Waals surface area contributed by atoms with E-state index in [9.17, 15) is 32.3 Å². The number of esters is 1. The third-order valence-corrected chi connectivity index (χ3v) is 8.85. The van der Waals surface area contributed by atoms with Gasteiger partial charge < -0.3 is 28.8 Å². The van der Waals surface area contributed by atoms with E-state index in [4.69, 9.17) is 19.2 Å². The van der Waals surface area contributed by atoms with Crippen LogP contribution in [-0.4, -0.2) is 80.3 Å². The van der Waals surface area contributed by atoms with E-state index in [1.54, 1.807) is 31.4 Å². The van der Waals surface area contributed by atoms with Crippen molar-refractivity contribution < 1.29 is 51.3 Å². The van der Waals surface area contributed by atoms with Crippen LogP contribution >= 0.6 is 0 Å². The van der Waals surface area contributed by atoms with E-state index in [1.165, 1.54) is 24.4 Å². The van der Waals surface area contributed by atoms with Crippen LogP contribution in [0, 0.1) is 0 Å². The molecular weight excluding hydrogens is 667 g/mol. The quantitative estimate of drug-likeness (QED) is 0.104. The summed E-state index contributed by atoms with van der Waals surface area (Å²) in [5.41, 5.74) is -1.15. The lowest BCUT2D eigenvalue weighted by molar-refractivity contribution is -0.172. The highest BCUT2D eigenvalue weighted by Crippen LogP contribution is 2.38. The van der Waals surface area contributed by atoms with Crippen molar-refractivity contribution in [3.63, 3.8) is 0 Å². The van der Waals surface area contributed by atoms with Gasteiger partial charge in [-0.3, -0.25) is 15.0 Å². The third kappa shape index (κ3) is 11.1. The summed E-state index contributed by atoms with van der Waals surface area (Å²) in [7, 11) is 0.635. The fourth-order valence-corrected chi connectivity index (χ4v) is 5.57. The molecule has 0 unspecified atom stereocenters. The fraction of sp³-hybridized carbons (Fsp3) is 0.531. The molecule has 2 aromatic rings. The Morgan fingerprint density at radius 3 is 2.27 bits per heavy atom. The SMILES string of the molecule is COC(=O)Nc1ccc2c(c1)N(C(=O)C(F)(F)F)[C@@H](C(=O)OC)CC=CC[C@H](NC(=O)OC(C)(C)C)c1nc-2cn1COCC[Si](C)(C)C. The number of halogens is 3. The summed E-state index contributed by atoms with van der Waals surface area (Å²) in [6.45, 7) is 12.1. The van der Waals surface area contributed by atoms with E-state index in [1.807, 2.05) is 0 Å². The number of methoxy groups -OCH3 is 2. The number of anilines is 2. The molecule has 3 amide bonds. The van der Waals surface area contributed by atoms with Crippen molar-refractivity contribution in [1.82, 2.24) is 14.9 Å². The highest BCUT2D eigenvalue weighted by molar-refractivity contribution is 6.76. The minimum Gasteiger partial charge on any atom is -0.467 e. The minimum atomic E-state index is -5.41. The molecule has 1 aromatic heterocycles. The van der Waals surface area contributed by atoms with Crippen molar-refractivity contribution >= 4 is 43.5 Å². The van der Waals surface area contributed by atoms with Gasteiger partial charge >= 0.3 is 30.2 Å². The van der Waals surface area contributed by atoms with Crippen LogP contribution < -0.4 is 15.5 Å². The molecular formula is C32H44F3N5O8Si. The van der Waals surface area contributed by atoms with Crippen LogP contribution in [-0.2, 0) is 35.3 Å². The molecule has 2 N–H and O–H groups in total. The van der Waals surface area contributed by atoms with Gasteiger partial charge in [0.15, 0.2) is 0 Å². The monoisotopic (exact) mass is 711 g/mol. The molecule has 3 rings (SSSR count). The van der Waals surface area contributed by atoms with Crippen LogP contribution in [0.5, 0.6) is 0 Å². The Morgan fingerprint density at radius 2 is 1.67 bits per heavy atom. The number of hydrogen-bond acceptors (Lipinski definition) is 9. The van der Waals surface area contributed by atoms with E-state index in [0.717, 1.165) is 26.3 Å². The molecule has 1 aliphatic rings. The van der Waals surface area contributed by atoms with Crippen molar-refractivity contribution in [2.24, 2.45) is 0 Å². The van der Waals surface area contributed by atoms with E-state index < -0.39 is 68.1 Å². The fourth-order valence-electron chi connectivity index (χ4n) is 4.81.